The largest absolute Gasteiger partial charge is 0.342 e. The number of thioether (sulfide) groups is 1. The molecule has 3 fully saturated rings. The van der Waals surface area contributed by atoms with Crippen LogP contribution in [-0.4, -0.2) is 63.3 Å². The van der Waals surface area contributed by atoms with E-state index in [1.54, 1.807) is 16.7 Å². The van der Waals surface area contributed by atoms with Crippen LogP contribution in [0.15, 0.2) is 30.3 Å². The molecule has 150 valence electrons. The quantitative estimate of drug-likeness (QED) is 0.817. The van der Waals surface area contributed by atoms with E-state index >= 15 is 0 Å². The molecular weight excluding hydrogens is 374 g/mol. The topological polar surface area (TPSA) is 69.7 Å². The Labute approximate surface area is 170 Å². The number of nitrogens with one attached hydrogen (secondary N) is 1. The molecule has 0 aromatic heterocycles. The summed E-state index contributed by atoms with van der Waals surface area (Å²) in [6, 6.07) is 8.69. The van der Waals surface area contributed by atoms with Crippen molar-refractivity contribution in [1.29, 1.82) is 0 Å². The van der Waals surface area contributed by atoms with Crippen LogP contribution in [0, 0.1) is 0 Å². The lowest BCUT2D eigenvalue weighted by molar-refractivity contribution is -0.140. The maximum atomic E-state index is 13.1. The van der Waals surface area contributed by atoms with Crippen LogP contribution in [0.1, 0.15) is 38.2 Å². The van der Waals surface area contributed by atoms with Crippen molar-refractivity contribution in [3.05, 3.63) is 35.9 Å². The number of benzene rings is 1. The highest BCUT2D eigenvalue weighted by Gasteiger charge is 2.53. The van der Waals surface area contributed by atoms with Gasteiger partial charge in [0.2, 0.25) is 17.7 Å². The predicted octanol–water partition coefficient (Wildman–Crippen LogP) is 1.79. The van der Waals surface area contributed by atoms with E-state index in [4.69, 9.17) is 0 Å². The SMILES string of the molecule is CC12CCC(=O)N1C(C(=O)NC(Cc1ccccc1)C(=O)N1CCCC1)CS2. The number of rotatable bonds is 5. The van der Waals surface area contributed by atoms with Gasteiger partial charge in [0.25, 0.3) is 0 Å². The molecule has 0 aliphatic carbocycles. The van der Waals surface area contributed by atoms with Crippen LogP contribution in [0.5, 0.6) is 0 Å². The van der Waals surface area contributed by atoms with Gasteiger partial charge in [-0.1, -0.05) is 30.3 Å². The molecule has 1 aromatic carbocycles. The second kappa shape index (κ2) is 7.78. The van der Waals surface area contributed by atoms with E-state index in [9.17, 15) is 14.4 Å². The number of carbonyl (C=O) groups excluding carboxylic acids is 3. The predicted molar refractivity (Wildman–Crippen MR) is 109 cm³/mol. The van der Waals surface area contributed by atoms with Crippen molar-refractivity contribution < 1.29 is 14.4 Å². The molecule has 3 unspecified atom stereocenters. The van der Waals surface area contributed by atoms with Gasteiger partial charge >= 0.3 is 0 Å². The van der Waals surface area contributed by atoms with Crippen molar-refractivity contribution in [2.45, 2.75) is 56.0 Å². The van der Waals surface area contributed by atoms with E-state index in [2.05, 4.69) is 5.32 Å². The average molecular weight is 402 g/mol. The maximum absolute atomic E-state index is 13.1. The molecule has 3 saturated heterocycles. The van der Waals surface area contributed by atoms with E-state index in [0.717, 1.165) is 37.9 Å². The van der Waals surface area contributed by atoms with E-state index in [0.29, 0.717) is 18.6 Å². The molecule has 6 nitrogen and oxygen atoms in total. The third-order valence-electron chi connectivity index (χ3n) is 6.06. The summed E-state index contributed by atoms with van der Waals surface area (Å²) < 4.78 is 0. The first-order chi connectivity index (χ1) is 13.5. The smallest absolute Gasteiger partial charge is 0.245 e. The highest BCUT2D eigenvalue weighted by atomic mass is 32.2. The summed E-state index contributed by atoms with van der Waals surface area (Å²) >= 11 is 1.67. The summed E-state index contributed by atoms with van der Waals surface area (Å²) in [5, 5.41) is 3.00. The standard InChI is InChI=1S/C21H27N3O3S/c1-21-10-9-18(25)24(21)17(14-28-21)19(26)22-16(13-15-7-3-2-4-8-15)20(27)23-11-5-6-12-23/h2-4,7-8,16-17H,5-6,9-14H2,1H3,(H,22,26). The molecule has 3 aliphatic heterocycles. The normalized spacial score (nSPS) is 27.8. The van der Waals surface area contributed by atoms with Crippen molar-refractivity contribution in [2.24, 2.45) is 0 Å². The zero-order chi connectivity index (χ0) is 19.7. The van der Waals surface area contributed by atoms with Gasteiger partial charge in [0, 0.05) is 31.7 Å². The highest BCUT2D eigenvalue weighted by molar-refractivity contribution is 8.01. The molecule has 3 aliphatic rings. The fraction of sp³-hybridized carbons (Fsp3) is 0.571. The van der Waals surface area contributed by atoms with E-state index < -0.39 is 12.1 Å². The minimum Gasteiger partial charge on any atom is -0.342 e. The molecule has 28 heavy (non-hydrogen) atoms. The van der Waals surface area contributed by atoms with Crippen LogP contribution in [0.25, 0.3) is 0 Å². The summed E-state index contributed by atoms with van der Waals surface area (Å²) in [7, 11) is 0. The Balaban J connectivity index is 1.50. The van der Waals surface area contributed by atoms with Crippen LogP contribution in [0.3, 0.4) is 0 Å². The van der Waals surface area contributed by atoms with Gasteiger partial charge in [0.15, 0.2) is 0 Å². The van der Waals surface area contributed by atoms with Gasteiger partial charge in [-0.2, -0.15) is 0 Å². The Morgan fingerprint density at radius 1 is 1.25 bits per heavy atom. The van der Waals surface area contributed by atoms with E-state index in [-0.39, 0.29) is 22.6 Å². The number of hydrogen-bond acceptors (Lipinski definition) is 4. The minimum absolute atomic E-state index is 0.0177. The van der Waals surface area contributed by atoms with Gasteiger partial charge in [-0.15, -0.1) is 11.8 Å². The van der Waals surface area contributed by atoms with Crippen molar-refractivity contribution >= 4 is 29.5 Å². The van der Waals surface area contributed by atoms with Crippen LogP contribution in [0.4, 0.5) is 0 Å². The molecule has 7 heteroatoms. The molecule has 3 amide bonds. The zero-order valence-corrected chi connectivity index (χ0v) is 17.0. The van der Waals surface area contributed by atoms with Crippen molar-refractivity contribution in [3.63, 3.8) is 0 Å². The molecular formula is C21H27N3O3S. The summed E-state index contributed by atoms with van der Waals surface area (Å²) in [5.41, 5.74) is 1.02. The third-order valence-corrected chi connectivity index (χ3v) is 7.57. The molecule has 1 aromatic rings. The fourth-order valence-electron chi connectivity index (χ4n) is 4.49. The molecule has 0 bridgehead atoms. The monoisotopic (exact) mass is 401 g/mol. The first-order valence-corrected chi connectivity index (χ1v) is 11.1. The summed E-state index contributed by atoms with van der Waals surface area (Å²) in [6.45, 7) is 3.54. The van der Waals surface area contributed by atoms with Gasteiger partial charge in [0.05, 0.1) is 4.87 Å². The van der Waals surface area contributed by atoms with Gasteiger partial charge < -0.3 is 15.1 Å². The Hall–Kier alpha value is -2.02. The second-order valence-electron chi connectivity index (χ2n) is 8.05. The molecule has 3 heterocycles. The Bertz CT molecular complexity index is 765. The Morgan fingerprint density at radius 3 is 2.68 bits per heavy atom. The average Bonchev–Trinajstić information content (AvgIpc) is 3.40. The number of carbonyl (C=O) groups is 3. The number of nitrogens with zero attached hydrogens (tertiary/aromatic N) is 2. The van der Waals surface area contributed by atoms with Crippen LogP contribution in [-0.2, 0) is 20.8 Å². The van der Waals surface area contributed by atoms with Crippen LogP contribution in [0.2, 0.25) is 0 Å². The second-order valence-corrected chi connectivity index (χ2v) is 9.55. The Morgan fingerprint density at radius 2 is 1.96 bits per heavy atom. The van der Waals surface area contributed by atoms with Crippen molar-refractivity contribution in [3.8, 4) is 0 Å². The minimum atomic E-state index is -0.595. The molecule has 3 atom stereocenters. The lowest BCUT2D eigenvalue weighted by Gasteiger charge is -2.31. The van der Waals surface area contributed by atoms with Gasteiger partial charge in [-0.25, -0.2) is 0 Å². The molecule has 4 rings (SSSR count). The molecule has 0 radical (unpaired) electrons. The van der Waals surface area contributed by atoms with Gasteiger partial charge in [-0.05, 0) is 31.7 Å². The van der Waals surface area contributed by atoms with E-state index in [1.165, 1.54) is 0 Å². The number of hydrogen-bond donors (Lipinski definition) is 1. The first kappa shape index (κ1) is 19.3. The van der Waals surface area contributed by atoms with Crippen molar-refractivity contribution in [2.75, 3.05) is 18.8 Å². The lowest BCUT2D eigenvalue weighted by atomic mass is 10.0. The third kappa shape index (κ3) is 3.64. The number of likely N-dealkylation sites (tertiary alicyclic amines) is 1. The molecule has 0 saturated carbocycles. The van der Waals surface area contributed by atoms with Gasteiger partial charge in [-0.3, -0.25) is 14.4 Å². The van der Waals surface area contributed by atoms with Crippen LogP contribution < -0.4 is 5.32 Å². The Kier molecular flexibility index (Phi) is 5.36. The maximum Gasteiger partial charge on any atom is 0.245 e. The molecule has 1 N–H and O–H groups in total. The summed E-state index contributed by atoms with van der Waals surface area (Å²) in [6.07, 6.45) is 3.76. The van der Waals surface area contributed by atoms with Crippen LogP contribution >= 0.6 is 11.8 Å². The summed E-state index contributed by atoms with van der Waals surface area (Å²) in [4.78, 5) is 41.8. The van der Waals surface area contributed by atoms with E-state index in [1.807, 2.05) is 42.2 Å². The van der Waals surface area contributed by atoms with Gasteiger partial charge in [0.1, 0.15) is 12.1 Å². The molecule has 0 spiro atoms. The first-order valence-electron chi connectivity index (χ1n) is 10.1. The lowest BCUT2D eigenvalue weighted by Crippen LogP contribution is -2.56. The highest BCUT2D eigenvalue weighted by Crippen LogP contribution is 2.47. The fourth-order valence-corrected chi connectivity index (χ4v) is 5.92. The zero-order valence-electron chi connectivity index (χ0n) is 16.2. The summed E-state index contributed by atoms with van der Waals surface area (Å²) in [5.74, 6) is 0.401. The number of fused-ring (bicyclic) bond motifs is 1. The number of amides is 3. The van der Waals surface area contributed by atoms with Crippen molar-refractivity contribution in [1.82, 2.24) is 15.1 Å².